The lowest BCUT2D eigenvalue weighted by atomic mass is 10.0. The Labute approximate surface area is 162 Å². The first-order chi connectivity index (χ1) is 13.5. The van der Waals surface area contributed by atoms with Gasteiger partial charge in [0.1, 0.15) is 0 Å². The van der Waals surface area contributed by atoms with E-state index in [0.29, 0.717) is 6.54 Å². The summed E-state index contributed by atoms with van der Waals surface area (Å²) < 4.78 is 2.03. The number of rotatable bonds is 5. The van der Waals surface area contributed by atoms with Crippen LogP contribution >= 0.6 is 0 Å². The van der Waals surface area contributed by atoms with Gasteiger partial charge in [0.15, 0.2) is 0 Å². The number of hydrogen-bond acceptors (Lipinski definition) is 4. The molecule has 140 valence electrons. The summed E-state index contributed by atoms with van der Waals surface area (Å²) in [5, 5.41) is 11.6. The topological polar surface area (TPSA) is 64.2 Å². The third-order valence-corrected chi connectivity index (χ3v) is 4.70. The fourth-order valence-corrected chi connectivity index (χ4v) is 3.40. The van der Waals surface area contributed by atoms with Gasteiger partial charge in [0.25, 0.3) is 5.69 Å². The molecule has 0 saturated heterocycles. The summed E-state index contributed by atoms with van der Waals surface area (Å²) in [4.78, 5) is 18.0. The van der Waals surface area contributed by atoms with Crippen molar-refractivity contribution >= 4 is 22.7 Å². The Hall–Kier alpha value is -3.67. The van der Waals surface area contributed by atoms with Gasteiger partial charge in [0.05, 0.1) is 22.5 Å². The summed E-state index contributed by atoms with van der Waals surface area (Å²) in [6.45, 7) is 0.584. The molecule has 1 aromatic heterocycles. The molecule has 0 radical (unpaired) electrons. The van der Waals surface area contributed by atoms with Crippen molar-refractivity contribution in [3.8, 4) is 11.1 Å². The molecule has 28 heavy (non-hydrogen) atoms. The second kappa shape index (κ2) is 7.15. The summed E-state index contributed by atoms with van der Waals surface area (Å²) in [5.41, 5.74) is 4.35. The number of nitro groups is 1. The molecule has 1 heterocycles. The van der Waals surface area contributed by atoms with Crippen LogP contribution in [0, 0.1) is 10.1 Å². The maximum absolute atomic E-state index is 11.6. The zero-order chi connectivity index (χ0) is 19.7. The van der Waals surface area contributed by atoms with Crippen molar-refractivity contribution in [2.45, 2.75) is 6.54 Å². The van der Waals surface area contributed by atoms with E-state index < -0.39 is 0 Å². The first-order valence-electron chi connectivity index (χ1n) is 9.00. The van der Waals surface area contributed by atoms with Crippen LogP contribution in [0.5, 0.6) is 0 Å². The van der Waals surface area contributed by atoms with Gasteiger partial charge in [-0.2, -0.15) is 0 Å². The van der Waals surface area contributed by atoms with Crippen molar-refractivity contribution in [1.82, 2.24) is 9.55 Å². The van der Waals surface area contributed by atoms with Gasteiger partial charge >= 0.3 is 0 Å². The quantitative estimate of drug-likeness (QED) is 0.375. The fraction of sp³-hybridized carbons (Fsp3) is 0.136. The molecule has 0 aliphatic heterocycles. The van der Waals surface area contributed by atoms with E-state index in [1.54, 1.807) is 12.1 Å². The minimum Gasteiger partial charge on any atom is -0.348 e. The fourth-order valence-electron chi connectivity index (χ4n) is 3.40. The molecule has 6 nitrogen and oxygen atoms in total. The molecule has 0 spiro atoms. The van der Waals surface area contributed by atoms with Gasteiger partial charge in [-0.25, -0.2) is 4.98 Å². The Morgan fingerprint density at radius 3 is 2.25 bits per heavy atom. The zero-order valence-electron chi connectivity index (χ0n) is 15.7. The van der Waals surface area contributed by atoms with Gasteiger partial charge in [-0.3, -0.25) is 10.1 Å². The van der Waals surface area contributed by atoms with Crippen LogP contribution in [-0.4, -0.2) is 28.6 Å². The number of imidazole rings is 1. The summed E-state index contributed by atoms with van der Waals surface area (Å²) >= 11 is 0. The third-order valence-electron chi connectivity index (χ3n) is 4.70. The molecule has 0 aliphatic rings. The van der Waals surface area contributed by atoms with Crippen LogP contribution in [0.25, 0.3) is 22.2 Å². The highest BCUT2D eigenvalue weighted by Crippen LogP contribution is 2.35. The van der Waals surface area contributed by atoms with Crippen LogP contribution in [0.3, 0.4) is 0 Å². The van der Waals surface area contributed by atoms with Gasteiger partial charge in [0.2, 0.25) is 5.95 Å². The Morgan fingerprint density at radius 2 is 1.64 bits per heavy atom. The predicted molar refractivity (Wildman–Crippen MR) is 112 cm³/mol. The molecular weight excluding hydrogens is 352 g/mol. The number of anilines is 1. The lowest BCUT2D eigenvalue weighted by Crippen LogP contribution is -2.16. The molecule has 0 unspecified atom stereocenters. The first-order valence-corrected chi connectivity index (χ1v) is 9.00. The van der Waals surface area contributed by atoms with Crippen LogP contribution in [0.4, 0.5) is 11.6 Å². The maximum Gasteiger partial charge on any atom is 0.272 e. The maximum atomic E-state index is 11.6. The molecule has 3 aromatic carbocycles. The number of fused-ring (bicyclic) bond motifs is 1. The van der Waals surface area contributed by atoms with Crippen LogP contribution < -0.4 is 4.90 Å². The van der Waals surface area contributed by atoms with Crippen LogP contribution in [-0.2, 0) is 6.54 Å². The van der Waals surface area contributed by atoms with Gasteiger partial charge < -0.3 is 9.47 Å². The summed E-state index contributed by atoms with van der Waals surface area (Å²) in [6.07, 6.45) is 0. The second-order valence-electron chi connectivity index (χ2n) is 6.86. The molecule has 0 atom stereocenters. The second-order valence-corrected chi connectivity index (χ2v) is 6.86. The molecule has 0 N–H and O–H groups in total. The number of hydrogen-bond donors (Lipinski definition) is 0. The highest BCUT2D eigenvalue weighted by atomic mass is 16.6. The zero-order valence-corrected chi connectivity index (χ0v) is 15.7. The average molecular weight is 372 g/mol. The molecule has 0 saturated carbocycles. The highest BCUT2D eigenvalue weighted by molar-refractivity contribution is 5.96. The van der Waals surface area contributed by atoms with Crippen molar-refractivity contribution in [1.29, 1.82) is 0 Å². The summed E-state index contributed by atoms with van der Waals surface area (Å²) in [5.74, 6) is 0.761. The lowest BCUT2D eigenvalue weighted by Gasteiger charge is -2.15. The number of non-ortho nitro benzene ring substituents is 1. The molecule has 0 aliphatic carbocycles. The predicted octanol–water partition coefficient (Wildman–Crippen LogP) is 4.73. The van der Waals surface area contributed by atoms with Crippen molar-refractivity contribution in [2.75, 3.05) is 19.0 Å². The standard InChI is InChI=1S/C22H20N4O2/c1-24(2)22-23-21-19(17-11-7-4-8-12-17)13-18(26(27)28)14-20(21)25(22)15-16-9-5-3-6-10-16/h3-14H,15H2,1-2H3. The van der Waals surface area contributed by atoms with Gasteiger partial charge in [-0.15, -0.1) is 0 Å². The summed E-state index contributed by atoms with van der Waals surface area (Å²) in [7, 11) is 3.86. The molecule has 0 amide bonds. The lowest BCUT2D eigenvalue weighted by molar-refractivity contribution is -0.384. The molecular formula is C22H20N4O2. The van der Waals surface area contributed by atoms with E-state index >= 15 is 0 Å². The monoisotopic (exact) mass is 372 g/mol. The Kier molecular flexibility index (Phi) is 4.53. The molecule has 0 fully saturated rings. The number of benzene rings is 3. The third kappa shape index (κ3) is 3.20. The molecule has 4 rings (SSSR count). The number of nitro benzene ring substituents is 1. The smallest absolute Gasteiger partial charge is 0.272 e. The number of nitrogens with zero attached hydrogens (tertiary/aromatic N) is 4. The SMILES string of the molecule is CN(C)c1nc2c(-c3ccccc3)cc([N+](=O)[O-])cc2n1Cc1ccccc1. The first kappa shape index (κ1) is 17.7. The molecule has 6 heteroatoms. The minimum absolute atomic E-state index is 0.0610. The van der Waals surface area contributed by atoms with E-state index in [4.69, 9.17) is 4.98 Å². The number of aromatic nitrogens is 2. The van der Waals surface area contributed by atoms with Crippen LogP contribution in [0.15, 0.2) is 72.8 Å². The van der Waals surface area contributed by atoms with Gasteiger partial charge in [-0.1, -0.05) is 60.7 Å². The van der Waals surface area contributed by atoms with Crippen molar-refractivity contribution in [2.24, 2.45) is 0 Å². The van der Waals surface area contributed by atoms with Crippen molar-refractivity contribution in [3.05, 3.63) is 88.5 Å². The van der Waals surface area contributed by atoms with Gasteiger partial charge in [-0.05, 0) is 11.1 Å². The van der Waals surface area contributed by atoms with E-state index in [-0.39, 0.29) is 10.6 Å². The van der Waals surface area contributed by atoms with Crippen LogP contribution in [0.1, 0.15) is 5.56 Å². The summed E-state index contributed by atoms with van der Waals surface area (Å²) in [6, 6.07) is 22.9. The molecule has 0 bridgehead atoms. The minimum atomic E-state index is -0.346. The normalized spacial score (nSPS) is 10.9. The molecule has 4 aromatic rings. The van der Waals surface area contributed by atoms with E-state index in [9.17, 15) is 10.1 Å². The van der Waals surface area contributed by atoms with E-state index in [1.165, 1.54) is 0 Å². The van der Waals surface area contributed by atoms with E-state index in [1.807, 2.05) is 84.2 Å². The van der Waals surface area contributed by atoms with Crippen LogP contribution in [0.2, 0.25) is 0 Å². The Balaban J connectivity index is 2.01. The highest BCUT2D eigenvalue weighted by Gasteiger charge is 2.21. The average Bonchev–Trinajstić information content (AvgIpc) is 3.07. The van der Waals surface area contributed by atoms with Gasteiger partial charge in [0, 0.05) is 31.8 Å². The van der Waals surface area contributed by atoms with E-state index in [2.05, 4.69) is 0 Å². The van der Waals surface area contributed by atoms with Crippen molar-refractivity contribution in [3.63, 3.8) is 0 Å². The largest absolute Gasteiger partial charge is 0.348 e. The van der Waals surface area contributed by atoms with E-state index in [0.717, 1.165) is 33.7 Å². The Morgan fingerprint density at radius 1 is 1.00 bits per heavy atom. The van der Waals surface area contributed by atoms with Crippen molar-refractivity contribution < 1.29 is 4.92 Å². The Bertz CT molecular complexity index is 1140.